The number of azide groups is 1. The van der Waals surface area contributed by atoms with Crippen LogP contribution in [0.1, 0.15) is 50.1 Å². The lowest BCUT2D eigenvalue weighted by atomic mass is 10.1. The molecule has 0 spiro atoms. The number of carbonyl (C=O) groups excluding carboxylic acids is 2. The number of aromatic nitrogens is 2. The lowest BCUT2D eigenvalue weighted by molar-refractivity contribution is -0.0267. The van der Waals surface area contributed by atoms with E-state index in [2.05, 4.69) is 15.0 Å². The monoisotopic (exact) mass is 627 g/mol. The molecule has 2 aromatic carbocycles. The van der Waals surface area contributed by atoms with E-state index in [0.29, 0.717) is 16.7 Å². The van der Waals surface area contributed by atoms with Crippen molar-refractivity contribution in [3.63, 3.8) is 0 Å². The van der Waals surface area contributed by atoms with Crippen LogP contribution in [0.5, 0.6) is 0 Å². The fraction of sp³-hybridized carbons (Fsp3) is 0.357. The Morgan fingerprint density at radius 1 is 0.977 bits per heavy atom. The van der Waals surface area contributed by atoms with Gasteiger partial charge in [-0.15, -0.1) is 0 Å². The second-order valence-electron chi connectivity index (χ2n) is 9.56. The molecule has 1 aromatic heterocycles. The van der Waals surface area contributed by atoms with Crippen LogP contribution in [-0.2, 0) is 41.0 Å². The van der Waals surface area contributed by atoms with Gasteiger partial charge in [-0.1, -0.05) is 29.4 Å². The Balaban J connectivity index is 1.46. The number of hydrogen-bond donors (Lipinski definition) is 1. The third-order valence-corrected chi connectivity index (χ3v) is 7.67. The molecule has 1 fully saturated rings. The first-order valence-corrected chi connectivity index (χ1v) is 14.4. The Bertz CT molecular complexity index is 1560. The summed E-state index contributed by atoms with van der Waals surface area (Å²) in [5, 5.41) is 3.81. The van der Waals surface area contributed by atoms with Gasteiger partial charge in [0.2, 0.25) is 0 Å². The summed E-state index contributed by atoms with van der Waals surface area (Å²) in [6.45, 7) is 1.61. The fourth-order valence-electron chi connectivity index (χ4n) is 4.23. The molecular formula is C28H30N5O10P. The smallest absolute Gasteiger partial charge is 0.337 e. The van der Waals surface area contributed by atoms with Crippen molar-refractivity contribution in [1.82, 2.24) is 9.55 Å². The van der Waals surface area contributed by atoms with Crippen LogP contribution in [0.2, 0.25) is 0 Å². The Labute approximate surface area is 252 Å². The second-order valence-corrected chi connectivity index (χ2v) is 10.8. The Hall–Kier alpha value is -4.36. The summed E-state index contributed by atoms with van der Waals surface area (Å²) >= 11 is 0. The minimum Gasteiger partial charge on any atom is -0.465 e. The maximum absolute atomic E-state index is 12.4. The molecule has 0 radical (unpaired) electrons. The van der Waals surface area contributed by atoms with Crippen molar-refractivity contribution >= 4 is 20.5 Å². The number of nitrogens with one attached hydrogen (secondary N) is 1. The molecule has 1 aliphatic rings. The zero-order valence-corrected chi connectivity index (χ0v) is 25.0. The van der Waals surface area contributed by atoms with Gasteiger partial charge in [0.1, 0.15) is 6.23 Å². The molecule has 0 saturated carbocycles. The van der Waals surface area contributed by atoms with Crippen LogP contribution in [0.3, 0.4) is 0 Å². The van der Waals surface area contributed by atoms with Gasteiger partial charge in [0.25, 0.3) is 5.56 Å². The molecule has 3 aromatic rings. The normalized spacial score (nSPS) is 17.7. The maximum Gasteiger partial charge on any atom is 0.337 e. The molecule has 3 atom stereocenters. The molecule has 44 heavy (non-hydrogen) atoms. The highest BCUT2D eigenvalue weighted by Crippen LogP contribution is 2.43. The maximum atomic E-state index is 12.4. The van der Waals surface area contributed by atoms with Crippen molar-refractivity contribution in [2.24, 2.45) is 5.11 Å². The highest BCUT2D eigenvalue weighted by Gasteiger charge is 2.37. The van der Waals surface area contributed by atoms with Crippen LogP contribution in [0.25, 0.3) is 10.4 Å². The average molecular weight is 628 g/mol. The highest BCUT2D eigenvalue weighted by molar-refractivity contribution is 7.41. The van der Waals surface area contributed by atoms with E-state index in [9.17, 15) is 19.2 Å². The second kappa shape index (κ2) is 15.4. The van der Waals surface area contributed by atoms with E-state index in [1.54, 1.807) is 55.5 Å². The summed E-state index contributed by atoms with van der Waals surface area (Å²) < 4.78 is 34.6. The number of hydrogen-bond acceptors (Lipinski definition) is 11. The van der Waals surface area contributed by atoms with Crippen LogP contribution in [0.15, 0.2) is 69.4 Å². The molecule has 4 rings (SSSR count). The number of rotatable bonds is 13. The highest BCUT2D eigenvalue weighted by atomic mass is 31.2. The van der Waals surface area contributed by atoms with E-state index in [1.165, 1.54) is 25.0 Å². The van der Waals surface area contributed by atoms with Gasteiger partial charge >= 0.3 is 26.2 Å². The number of benzene rings is 2. The van der Waals surface area contributed by atoms with Crippen LogP contribution < -0.4 is 11.2 Å². The van der Waals surface area contributed by atoms with Crippen molar-refractivity contribution in [2.75, 3.05) is 20.8 Å². The predicted octanol–water partition coefficient (Wildman–Crippen LogP) is 4.06. The Morgan fingerprint density at radius 3 is 2.02 bits per heavy atom. The molecule has 232 valence electrons. The number of ether oxygens (including phenoxy) is 3. The Morgan fingerprint density at radius 2 is 1.52 bits per heavy atom. The number of carbonyl (C=O) groups is 2. The summed E-state index contributed by atoms with van der Waals surface area (Å²) in [5.74, 6) is -0.929. The zero-order valence-electron chi connectivity index (χ0n) is 24.1. The topological polar surface area (TPSA) is 193 Å². The van der Waals surface area contributed by atoms with Gasteiger partial charge in [0.15, 0.2) is 0 Å². The first-order valence-electron chi connectivity index (χ1n) is 13.3. The molecule has 1 N–H and O–H groups in total. The van der Waals surface area contributed by atoms with E-state index in [1.807, 2.05) is 0 Å². The largest absolute Gasteiger partial charge is 0.465 e. The fourth-order valence-corrected chi connectivity index (χ4v) is 5.24. The standard InChI is InChI=1S/C28H30N5O10P/c1-17-13-33(28(37)30-25(17)34)24-12-22(31-32-29)23(43-24)16-42-44(40-14-18-4-8-20(9-5-18)26(35)38-2)41-15-19-6-10-21(11-7-19)27(36)39-3/h4-11,13,22-24H,12,14-16H2,1-3H3,(H,30,34,37)/t22-,23+,24+/m0/s1. The molecule has 15 nitrogen and oxygen atoms in total. The van der Waals surface area contributed by atoms with Gasteiger partial charge in [0, 0.05) is 23.1 Å². The number of aromatic amines is 1. The third-order valence-electron chi connectivity index (χ3n) is 6.63. The number of nitrogens with zero attached hydrogens (tertiary/aromatic N) is 4. The summed E-state index contributed by atoms with van der Waals surface area (Å²) in [6, 6.07) is 12.6. The average Bonchev–Trinajstić information content (AvgIpc) is 3.44. The SMILES string of the molecule is COC(=O)c1ccc(COP(OCc2ccc(C(=O)OC)cc2)OC[C@H]2O[C@@H](n3cc(C)c(=O)[nH]c3=O)C[C@@H]2N=[N+]=[N-])cc1. The molecule has 0 amide bonds. The third kappa shape index (κ3) is 8.38. The molecular weight excluding hydrogens is 597 g/mol. The minimum absolute atomic E-state index is 0.0778. The van der Waals surface area contributed by atoms with Crippen molar-refractivity contribution < 1.29 is 37.4 Å². The van der Waals surface area contributed by atoms with Crippen molar-refractivity contribution in [3.05, 3.63) is 114 Å². The van der Waals surface area contributed by atoms with E-state index in [-0.39, 0.29) is 26.2 Å². The van der Waals surface area contributed by atoms with Crippen LogP contribution >= 0.6 is 8.60 Å². The summed E-state index contributed by atoms with van der Waals surface area (Å²) in [4.78, 5) is 52.8. The quantitative estimate of drug-likeness (QED) is 0.0949. The first kappa shape index (κ1) is 32.6. The van der Waals surface area contributed by atoms with Gasteiger partial charge in [-0.05, 0) is 47.8 Å². The lowest BCUT2D eigenvalue weighted by Gasteiger charge is -2.21. The number of methoxy groups -OCH3 is 2. The van der Waals surface area contributed by atoms with Gasteiger partial charge in [-0.25, -0.2) is 14.4 Å². The van der Waals surface area contributed by atoms with Crippen molar-refractivity contribution in [2.45, 2.75) is 44.9 Å². The van der Waals surface area contributed by atoms with Gasteiger partial charge < -0.3 is 27.8 Å². The predicted molar refractivity (Wildman–Crippen MR) is 156 cm³/mol. The van der Waals surface area contributed by atoms with Gasteiger partial charge in [0.05, 0.1) is 57.3 Å². The van der Waals surface area contributed by atoms with Crippen molar-refractivity contribution in [1.29, 1.82) is 0 Å². The molecule has 0 aliphatic carbocycles. The molecule has 0 unspecified atom stereocenters. The minimum atomic E-state index is -2.00. The molecule has 2 heterocycles. The number of esters is 2. The van der Waals surface area contributed by atoms with Crippen LogP contribution in [0, 0.1) is 6.92 Å². The lowest BCUT2D eigenvalue weighted by Crippen LogP contribution is -2.33. The molecule has 16 heteroatoms. The molecule has 1 saturated heterocycles. The summed E-state index contributed by atoms with van der Waals surface area (Å²) in [5.41, 5.74) is 10.5. The van der Waals surface area contributed by atoms with Gasteiger partial charge in [-0.3, -0.25) is 14.3 Å². The Kier molecular flexibility index (Phi) is 11.4. The first-order chi connectivity index (χ1) is 21.2. The summed E-state index contributed by atoms with van der Waals surface area (Å²) in [6.07, 6.45) is -0.0108. The number of H-pyrrole nitrogens is 1. The van der Waals surface area contributed by atoms with Crippen molar-refractivity contribution in [3.8, 4) is 0 Å². The van der Waals surface area contributed by atoms with E-state index < -0.39 is 50.2 Å². The van der Waals surface area contributed by atoms with Crippen LogP contribution in [-0.4, -0.2) is 54.5 Å². The molecule has 0 bridgehead atoms. The summed E-state index contributed by atoms with van der Waals surface area (Å²) in [7, 11) is 0.600. The van der Waals surface area contributed by atoms with Gasteiger partial charge in [-0.2, -0.15) is 0 Å². The number of aryl methyl sites for hydroxylation is 1. The molecule has 1 aliphatic heterocycles. The van der Waals surface area contributed by atoms with E-state index in [4.69, 9.17) is 33.3 Å². The van der Waals surface area contributed by atoms with E-state index in [0.717, 1.165) is 11.1 Å². The zero-order chi connectivity index (χ0) is 31.6. The van der Waals surface area contributed by atoms with Crippen LogP contribution in [0.4, 0.5) is 0 Å². The van der Waals surface area contributed by atoms with E-state index >= 15 is 0 Å².